The smallest absolute Gasteiger partial charge is 0.306 e. The first-order valence-corrected chi connectivity index (χ1v) is 5.68. The molecule has 17 heavy (non-hydrogen) atoms. The first-order valence-electron chi connectivity index (χ1n) is 5.68. The number of nitrogens with zero attached hydrogens (tertiary/aromatic N) is 2. The van der Waals surface area contributed by atoms with Gasteiger partial charge in [0.25, 0.3) is 0 Å². The van der Waals surface area contributed by atoms with Gasteiger partial charge in [-0.05, 0) is 45.1 Å². The van der Waals surface area contributed by atoms with Crippen LogP contribution >= 0.6 is 0 Å². The highest BCUT2D eigenvalue weighted by Gasteiger charge is 2.31. The van der Waals surface area contributed by atoms with Gasteiger partial charge in [0, 0.05) is 17.8 Å². The molecule has 0 amide bonds. The monoisotopic (exact) mass is 244 g/mol. The largest absolute Gasteiger partial charge is 0.416 e. The lowest BCUT2D eigenvalue weighted by molar-refractivity contribution is -0.137. The molecule has 0 spiro atoms. The van der Waals surface area contributed by atoms with Crippen molar-refractivity contribution < 1.29 is 13.2 Å². The molecule has 1 aromatic heterocycles. The highest BCUT2D eigenvalue weighted by atomic mass is 19.4. The van der Waals surface area contributed by atoms with E-state index in [9.17, 15) is 13.2 Å². The molecule has 1 aliphatic rings. The Balaban J connectivity index is 2.16. The second-order valence-electron chi connectivity index (χ2n) is 4.54. The van der Waals surface area contributed by atoms with E-state index < -0.39 is 11.7 Å². The van der Waals surface area contributed by atoms with E-state index >= 15 is 0 Å². The van der Waals surface area contributed by atoms with Crippen LogP contribution in [0.15, 0.2) is 18.3 Å². The first-order chi connectivity index (χ1) is 7.97. The van der Waals surface area contributed by atoms with E-state index in [-0.39, 0.29) is 5.92 Å². The Morgan fingerprint density at radius 2 is 1.94 bits per heavy atom. The zero-order valence-electron chi connectivity index (χ0n) is 9.67. The fourth-order valence-electron chi connectivity index (χ4n) is 2.15. The Morgan fingerprint density at radius 3 is 2.53 bits per heavy atom. The summed E-state index contributed by atoms with van der Waals surface area (Å²) >= 11 is 0. The minimum atomic E-state index is -4.27. The van der Waals surface area contributed by atoms with Gasteiger partial charge in [-0.2, -0.15) is 13.2 Å². The quantitative estimate of drug-likeness (QED) is 0.755. The van der Waals surface area contributed by atoms with E-state index in [1.165, 1.54) is 12.3 Å². The fraction of sp³-hybridized carbons (Fsp3) is 0.583. The Labute approximate surface area is 98.5 Å². The predicted molar refractivity (Wildman–Crippen MR) is 58.7 cm³/mol. The number of likely N-dealkylation sites (tertiary alicyclic amines) is 1. The molecule has 1 aliphatic heterocycles. The van der Waals surface area contributed by atoms with Gasteiger partial charge < -0.3 is 4.90 Å². The van der Waals surface area contributed by atoms with Crippen LogP contribution in [0.2, 0.25) is 0 Å². The average molecular weight is 244 g/mol. The normalized spacial score (nSPS) is 19.5. The molecule has 2 heterocycles. The van der Waals surface area contributed by atoms with E-state index in [4.69, 9.17) is 0 Å². The van der Waals surface area contributed by atoms with Crippen LogP contribution < -0.4 is 0 Å². The molecule has 0 atom stereocenters. The molecule has 5 heteroatoms. The van der Waals surface area contributed by atoms with Crippen molar-refractivity contribution in [1.29, 1.82) is 0 Å². The van der Waals surface area contributed by atoms with Crippen LogP contribution in [0.1, 0.15) is 30.0 Å². The van der Waals surface area contributed by atoms with Crippen molar-refractivity contribution in [2.75, 3.05) is 20.1 Å². The Bertz CT molecular complexity index is 382. The first kappa shape index (κ1) is 12.4. The number of pyridine rings is 1. The summed E-state index contributed by atoms with van der Waals surface area (Å²) in [5.74, 6) is 0.161. The van der Waals surface area contributed by atoms with Crippen molar-refractivity contribution in [3.8, 4) is 0 Å². The summed E-state index contributed by atoms with van der Waals surface area (Å²) in [6, 6.07) is 2.22. The Kier molecular flexibility index (Phi) is 3.38. The molecule has 0 bridgehead atoms. The van der Waals surface area contributed by atoms with Crippen LogP contribution in [0, 0.1) is 0 Å². The molecule has 0 N–H and O–H groups in total. The molecule has 2 nitrogen and oxygen atoms in total. The summed E-state index contributed by atoms with van der Waals surface area (Å²) in [6.07, 6.45) is -1.25. The van der Waals surface area contributed by atoms with Crippen molar-refractivity contribution >= 4 is 0 Å². The number of hydrogen-bond acceptors (Lipinski definition) is 2. The number of rotatable bonds is 1. The van der Waals surface area contributed by atoms with Gasteiger partial charge in [-0.3, -0.25) is 4.98 Å². The molecule has 94 valence electrons. The van der Waals surface area contributed by atoms with Crippen molar-refractivity contribution in [3.63, 3.8) is 0 Å². The molecular weight excluding hydrogens is 229 g/mol. The van der Waals surface area contributed by atoms with Crippen molar-refractivity contribution in [2.45, 2.75) is 24.9 Å². The lowest BCUT2D eigenvalue weighted by Gasteiger charge is -2.28. The third-order valence-electron chi connectivity index (χ3n) is 3.25. The van der Waals surface area contributed by atoms with E-state index in [1.54, 1.807) is 0 Å². The zero-order chi connectivity index (χ0) is 12.5. The average Bonchev–Trinajstić information content (AvgIpc) is 2.29. The van der Waals surface area contributed by atoms with Crippen LogP contribution in [0.25, 0.3) is 0 Å². The maximum Gasteiger partial charge on any atom is 0.416 e. The Morgan fingerprint density at radius 1 is 1.29 bits per heavy atom. The Hall–Kier alpha value is -1.10. The molecule has 0 saturated carbocycles. The fourth-order valence-corrected chi connectivity index (χ4v) is 2.15. The van der Waals surface area contributed by atoms with Gasteiger partial charge in [0.05, 0.1) is 5.56 Å². The van der Waals surface area contributed by atoms with Crippen LogP contribution in [0.4, 0.5) is 13.2 Å². The zero-order valence-corrected chi connectivity index (χ0v) is 9.67. The van der Waals surface area contributed by atoms with E-state index in [0.717, 1.165) is 32.0 Å². The van der Waals surface area contributed by atoms with Crippen LogP contribution in [-0.2, 0) is 6.18 Å². The maximum absolute atomic E-state index is 12.6. The van der Waals surface area contributed by atoms with Crippen LogP contribution in [0.3, 0.4) is 0 Å². The van der Waals surface area contributed by atoms with Gasteiger partial charge >= 0.3 is 6.18 Å². The molecule has 0 radical (unpaired) electrons. The van der Waals surface area contributed by atoms with Gasteiger partial charge in [0.1, 0.15) is 0 Å². The molecular formula is C12H15F3N2. The molecule has 1 saturated heterocycles. The lowest BCUT2D eigenvalue weighted by atomic mass is 9.92. The standard InChI is InChI=1S/C12H15F3N2/c1-17-6-3-9(4-7-17)11-8-10(2-5-16-11)12(13,14)15/h2,5,8-9H,3-4,6-7H2,1H3. The molecule has 0 aliphatic carbocycles. The molecule has 1 aromatic rings. The molecule has 0 aromatic carbocycles. The minimum Gasteiger partial charge on any atom is -0.306 e. The van der Waals surface area contributed by atoms with E-state index in [0.29, 0.717) is 5.69 Å². The topological polar surface area (TPSA) is 16.1 Å². The third kappa shape index (κ3) is 2.97. The summed E-state index contributed by atoms with van der Waals surface area (Å²) in [5, 5.41) is 0. The van der Waals surface area contributed by atoms with E-state index in [1.807, 2.05) is 7.05 Å². The number of alkyl halides is 3. The van der Waals surface area contributed by atoms with Gasteiger partial charge in [0.2, 0.25) is 0 Å². The van der Waals surface area contributed by atoms with Crippen molar-refractivity contribution in [3.05, 3.63) is 29.6 Å². The SMILES string of the molecule is CN1CCC(c2cc(C(F)(F)F)ccn2)CC1. The number of aromatic nitrogens is 1. The highest BCUT2D eigenvalue weighted by Crippen LogP contribution is 2.32. The summed E-state index contributed by atoms with van der Waals surface area (Å²) in [6.45, 7) is 1.84. The molecule has 2 rings (SSSR count). The molecule has 0 unspecified atom stereocenters. The highest BCUT2D eigenvalue weighted by molar-refractivity contribution is 5.22. The minimum absolute atomic E-state index is 0.161. The maximum atomic E-state index is 12.6. The van der Waals surface area contributed by atoms with E-state index in [2.05, 4.69) is 9.88 Å². The van der Waals surface area contributed by atoms with Gasteiger partial charge in [-0.15, -0.1) is 0 Å². The van der Waals surface area contributed by atoms with Gasteiger partial charge in [0.15, 0.2) is 0 Å². The summed E-state index contributed by atoms with van der Waals surface area (Å²) in [7, 11) is 2.02. The summed E-state index contributed by atoms with van der Waals surface area (Å²) in [5.41, 5.74) is -0.0191. The predicted octanol–water partition coefficient (Wildman–Crippen LogP) is 2.91. The second-order valence-corrected chi connectivity index (χ2v) is 4.54. The number of hydrogen-bond donors (Lipinski definition) is 0. The second kappa shape index (κ2) is 4.64. The van der Waals surface area contributed by atoms with Crippen LogP contribution in [-0.4, -0.2) is 30.0 Å². The van der Waals surface area contributed by atoms with Crippen LogP contribution in [0.5, 0.6) is 0 Å². The third-order valence-corrected chi connectivity index (χ3v) is 3.25. The van der Waals surface area contributed by atoms with Gasteiger partial charge in [-0.1, -0.05) is 0 Å². The summed E-state index contributed by atoms with van der Waals surface area (Å²) < 4.78 is 37.7. The number of piperidine rings is 1. The van der Waals surface area contributed by atoms with Crippen molar-refractivity contribution in [1.82, 2.24) is 9.88 Å². The summed E-state index contributed by atoms with van der Waals surface area (Å²) in [4.78, 5) is 6.27. The van der Waals surface area contributed by atoms with Crippen molar-refractivity contribution in [2.24, 2.45) is 0 Å². The number of halogens is 3. The molecule has 1 fully saturated rings. The lowest BCUT2D eigenvalue weighted by Crippen LogP contribution is -2.29. The van der Waals surface area contributed by atoms with Gasteiger partial charge in [-0.25, -0.2) is 0 Å².